The van der Waals surface area contributed by atoms with Crippen LogP contribution >= 0.6 is 0 Å². The molecule has 1 unspecified atom stereocenters. The van der Waals surface area contributed by atoms with Crippen molar-refractivity contribution in [3.8, 4) is 0 Å². The predicted molar refractivity (Wildman–Crippen MR) is 132 cm³/mol. The Morgan fingerprint density at radius 2 is 1.80 bits per heavy atom. The van der Waals surface area contributed by atoms with E-state index in [9.17, 15) is 14.4 Å². The standard InChI is InChI=1S/C26H37N5O4/c1-4-18-31(19(2)24(34)27-21-12-8-7-9-13-21)23(33)15-14-22-28-25(30-35-22)26(29-20(3)32)16-10-5-6-11-17-26/h7-9,12-13,19H,4-6,10-11,14-18H2,1-3H3,(H,27,34)(H,29,32). The summed E-state index contributed by atoms with van der Waals surface area (Å²) in [6.07, 6.45) is 6.89. The van der Waals surface area contributed by atoms with Crippen molar-refractivity contribution in [3.63, 3.8) is 0 Å². The first-order chi connectivity index (χ1) is 16.8. The molecule has 1 aliphatic rings. The number of aryl methyl sites for hydroxylation is 1. The van der Waals surface area contributed by atoms with Crippen molar-refractivity contribution < 1.29 is 18.9 Å². The topological polar surface area (TPSA) is 117 Å². The number of hydrogen-bond acceptors (Lipinski definition) is 6. The molecule has 1 atom stereocenters. The number of rotatable bonds is 10. The maximum atomic E-state index is 13.1. The van der Waals surface area contributed by atoms with E-state index in [2.05, 4.69) is 20.8 Å². The maximum absolute atomic E-state index is 13.1. The Balaban J connectivity index is 1.64. The average Bonchev–Trinajstić information content (AvgIpc) is 3.21. The van der Waals surface area contributed by atoms with Crippen LogP contribution in [0.5, 0.6) is 0 Å². The van der Waals surface area contributed by atoms with Gasteiger partial charge in [-0.15, -0.1) is 0 Å². The molecule has 0 aliphatic heterocycles. The molecule has 3 amide bonds. The number of nitrogens with zero attached hydrogens (tertiary/aromatic N) is 3. The first kappa shape index (κ1) is 26.4. The lowest BCUT2D eigenvalue weighted by molar-refractivity contribution is -0.138. The Morgan fingerprint density at radius 1 is 1.11 bits per heavy atom. The minimum absolute atomic E-state index is 0.119. The highest BCUT2D eigenvalue weighted by Crippen LogP contribution is 2.34. The summed E-state index contributed by atoms with van der Waals surface area (Å²) in [6.45, 7) is 5.69. The zero-order valence-corrected chi connectivity index (χ0v) is 21.0. The predicted octanol–water partition coefficient (Wildman–Crippen LogP) is 3.95. The first-order valence-electron chi connectivity index (χ1n) is 12.6. The Kier molecular flexibility index (Phi) is 9.39. The van der Waals surface area contributed by atoms with Crippen LogP contribution in [0.3, 0.4) is 0 Å². The van der Waals surface area contributed by atoms with Gasteiger partial charge in [-0.25, -0.2) is 0 Å². The molecule has 2 N–H and O–H groups in total. The second kappa shape index (κ2) is 12.5. The van der Waals surface area contributed by atoms with Crippen LogP contribution in [-0.2, 0) is 26.3 Å². The Bertz CT molecular complexity index is 983. The molecule has 1 heterocycles. The highest BCUT2D eigenvalue weighted by Gasteiger charge is 2.38. The second-order valence-electron chi connectivity index (χ2n) is 9.31. The molecule has 2 aromatic rings. The summed E-state index contributed by atoms with van der Waals surface area (Å²) in [6, 6.07) is 8.58. The number of anilines is 1. The highest BCUT2D eigenvalue weighted by atomic mass is 16.5. The summed E-state index contributed by atoms with van der Waals surface area (Å²) in [4.78, 5) is 43.9. The van der Waals surface area contributed by atoms with E-state index in [0.29, 0.717) is 23.9 Å². The minimum atomic E-state index is -0.619. The molecule has 1 aliphatic carbocycles. The molecule has 0 bridgehead atoms. The fourth-order valence-corrected chi connectivity index (χ4v) is 4.67. The lowest BCUT2D eigenvalue weighted by atomic mass is 9.89. The molecule has 3 rings (SSSR count). The Morgan fingerprint density at radius 3 is 2.43 bits per heavy atom. The molecule has 9 heteroatoms. The summed E-state index contributed by atoms with van der Waals surface area (Å²) in [5.41, 5.74) is 0.0742. The van der Waals surface area contributed by atoms with Crippen LogP contribution in [0.15, 0.2) is 34.9 Å². The molecule has 0 saturated heterocycles. The van der Waals surface area contributed by atoms with Gasteiger partial charge in [0.15, 0.2) is 5.82 Å². The fraction of sp³-hybridized carbons (Fsp3) is 0.577. The summed E-state index contributed by atoms with van der Waals surface area (Å²) in [7, 11) is 0. The molecule has 0 spiro atoms. The van der Waals surface area contributed by atoms with Crippen LogP contribution in [0.25, 0.3) is 0 Å². The minimum Gasteiger partial charge on any atom is -0.343 e. The van der Waals surface area contributed by atoms with Gasteiger partial charge in [-0.1, -0.05) is 56.0 Å². The number of amides is 3. The summed E-state index contributed by atoms with van der Waals surface area (Å²) >= 11 is 0. The number of aromatic nitrogens is 2. The summed E-state index contributed by atoms with van der Waals surface area (Å²) in [5.74, 6) is 0.349. The van der Waals surface area contributed by atoms with Gasteiger partial charge in [0.1, 0.15) is 11.6 Å². The molecule has 1 fully saturated rings. The quantitative estimate of drug-likeness (QED) is 0.494. The molecular weight excluding hydrogens is 446 g/mol. The van der Waals surface area contributed by atoms with Crippen LogP contribution < -0.4 is 10.6 Å². The zero-order valence-electron chi connectivity index (χ0n) is 21.0. The van der Waals surface area contributed by atoms with Crippen LogP contribution in [0.1, 0.15) is 83.9 Å². The SMILES string of the molecule is CCCN(C(=O)CCc1nc(C2(NC(C)=O)CCCCCC2)no1)C(C)C(=O)Nc1ccccc1. The van der Waals surface area contributed by atoms with Gasteiger partial charge in [-0.05, 0) is 38.3 Å². The molecular formula is C26H37N5O4. The van der Waals surface area contributed by atoms with Crippen LogP contribution in [-0.4, -0.2) is 45.3 Å². The van der Waals surface area contributed by atoms with Crippen LogP contribution in [0.2, 0.25) is 0 Å². The number of carbonyl (C=O) groups is 3. The van der Waals surface area contributed by atoms with E-state index < -0.39 is 11.6 Å². The van der Waals surface area contributed by atoms with Crippen LogP contribution in [0, 0.1) is 0 Å². The van der Waals surface area contributed by atoms with Gasteiger partial charge in [0.05, 0.1) is 0 Å². The third kappa shape index (κ3) is 7.13. The van der Waals surface area contributed by atoms with Gasteiger partial charge in [-0.2, -0.15) is 4.98 Å². The monoisotopic (exact) mass is 483 g/mol. The van der Waals surface area contributed by atoms with E-state index in [-0.39, 0.29) is 30.6 Å². The van der Waals surface area contributed by atoms with Gasteiger partial charge >= 0.3 is 0 Å². The summed E-state index contributed by atoms with van der Waals surface area (Å²) < 4.78 is 5.48. The molecule has 9 nitrogen and oxygen atoms in total. The lowest BCUT2D eigenvalue weighted by Gasteiger charge is -2.30. The number of para-hydroxylation sites is 1. The highest BCUT2D eigenvalue weighted by molar-refractivity contribution is 5.96. The van der Waals surface area contributed by atoms with Crippen molar-refractivity contribution in [3.05, 3.63) is 42.0 Å². The van der Waals surface area contributed by atoms with Crippen molar-refractivity contribution >= 4 is 23.4 Å². The van der Waals surface area contributed by atoms with E-state index in [0.717, 1.165) is 44.9 Å². The summed E-state index contributed by atoms with van der Waals surface area (Å²) in [5, 5.41) is 10.1. The number of carbonyl (C=O) groups excluding carboxylic acids is 3. The van der Waals surface area contributed by atoms with Crippen molar-refractivity contribution in [1.82, 2.24) is 20.4 Å². The van der Waals surface area contributed by atoms with Gasteiger partial charge in [0.2, 0.25) is 23.6 Å². The number of hydrogen-bond donors (Lipinski definition) is 2. The van der Waals surface area contributed by atoms with Crippen LogP contribution in [0.4, 0.5) is 5.69 Å². The molecule has 1 saturated carbocycles. The van der Waals surface area contributed by atoms with E-state index in [1.807, 2.05) is 37.3 Å². The van der Waals surface area contributed by atoms with Crippen molar-refractivity contribution in [1.29, 1.82) is 0 Å². The molecule has 0 radical (unpaired) electrons. The molecule has 190 valence electrons. The fourth-order valence-electron chi connectivity index (χ4n) is 4.67. The molecule has 1 aromatic carbocycles. The Labute approximate surface area is 207 Å². The zero-order chi connectivity index (χ0) is 25.3. The number of benzene rings is 1. The molecule has 35 heavy (non-hydrogen) atoms. The van der Waals surface area contributed by atoms with E-state index in [1.54, 1.807) is 11.8 Å². The Hall–Kier alpha value is -3.23. The van der Waals surface area contributed by atoms with Gasteiger partial charge in [0, 0.05) is 32.0 Å². The maximum Gasteiger partial charge on any atom is 0.246 e. The van der Waals surface area contributed by atoms with E-state index in [4.69, 9.17) is 4.52 Å². The largest absolute Gasteiger partial charge is 0.343 e. The van der Waals surface area contributed by atoms with E-state index in [1.165, 1.54) is 6.92 Å². The number of nitrogens with one attached hydrogen (secondary N) is 2. The van der Waals surface area contributed by atoms with Crippen molar-refractivity contribution in [2.24, 2.45) is 0 Å². The molecule has 1 aromatic heterocycles. The second-order valence-corrected chi connectivity index (χ2v) is 9.31. The van der Waals surface area contributed by atoms with Gasteiger partial charge in [0.25, 0.3) is 0 Å². The average molecular weight is 484 g/mol. The van der Waals surface area contributed by atoms with E-state index >= 15 is 0 Å². The lowest BCUT2D eigenvalue weighted by Crippen LogP contribution is -2.46. The van der Waals surface area contributed by atoms with Crippen molar-refractivity contribution in [2.75, 3.05) is 11.9 Å². The van der Waals surface area contributed by atoms with Gasteiger partial charge < -0.3 is 20.1 Å². The smallest absolute Gasteiger partial charge is 0.246 e. The first-order valence-corrected chi connectivity index (χ1v) is 12.6. The van der Waals surface area contributed by atoms with Crippen molar-refractivity contribution in [2.45, 2.75) is 90.1 Å². The van der Waals surface area contributed by atoms with Gasteiger partial charge in [-0.3, -0.25) is 14.4 Å². The third-order valence-corrected chi connectivity index (χ3v) is 6.49. The third-order valence-electron chi connectivity index (χ3n) is 6.49. The normalized spacial score (nSPS) is 16.1.